The van der Waals surface area contributed by atoms with Crippen molar-refractivity contribution in [3.05, 3.63) is 23.8 Å². The fraction of sp³-hybridized carbons (Fsp3) is 0.619. The zero-order valence-corrected chi connectivity index (χ0v) is 17.9. The molecule has 140 valence electrons. The van der Waals surface area contributed by atoms with Gasteiger partial charge in [-0.05, 0) is 49.2 Å². The number of hydrogen-bond acceptors (Lipinski definition) is 3. The molecule has 3 nitrogen and oxygen atoms in total. The molecule has 0 fully saturated rings. The van der Waals surface area contributed by atoms with Crippen LogP contribution in [0.2, 0.25) is 18.1 Å². The van der Waals surface area contributed by atoms with Gasteiger partial charge < -0.3 is 14.3 Å². The predicted octanol–water partition coefficient (Wildman–Crippen LogP) is 5.37. The minimum atomic E-state index is -1.92. The Labute approximate surface area is 154 Å². The van der Waals surface area contributed by atoms with Crippen molar-refractivity contribution in [3.8, 4) is 23.3 Å². The molecule has 1 N–H and O–H groups in total. The van der Waals surface area contributed by atoms with Gasteiger partial charge >= 0.3 is 0 Å². The number of methoxy groups -OCH3 is 1. The summed E-state index contributed by atoms with van der Waals surface area (Å²) in [7, 11) is -0.278. The molecule has 0 unspecified atom stereocenters. The third kappa shape index (κ3) is 6.76. The summed E-state index contributed by atoms with van der Waals surface area (Å²) in [6.07, 6.45) is 3.44. The first-order chi connectivity index (χ1) is 11.6. The van der Waals surface area contributed by atoms with E-state index in [1.54, 1.807) is 7.11 Å². The standard InChI is InChI=1S/C21H34O3Si/c1-8-9-10-11-18(22)14-12-17-13-15-19(20(16-17)23-5)24-25(6,7)21(2,3)4/h13,15-16,18,22H,8-11H2,1-7H3/t18-/m0/s1. The summed E-state index contributed by atoms with van der Waals surface area (Å²) in [6, 6.07) is 5.73. The molecule has 0 bridgehead atoms. The average Bonchev–Trinajstić information content (AvgIpc) is 2.52. The van der Waals surface area contributed by atoms with E-state index in [1.165, 1.54) is 0 Å². The van der Waals surface area contributed by atoms with Gasteiger partial charge in [0.2, 0.25) is 0 Å². The van der Waals surface area contributed by atoms with E-state index in [0.29, 0.717) is 5.75 Å². The minimum Gasteiger partial charge on any atom is -0.541 e. The Hall–Kier alpha value is -1.44. The third-order valence-electron chi connectivity index (χ3n) is 4.80. The smallest absolute Gasteiger partial charge is 0.250 e. The number of aliphatic hydroxyl groups is 1. The third-order valence-corrected chi connectivity index (χ3v) is 9.14. The molecule has 0 aliphatic rings. The lowest BCUT2D eigenvalue weighted by Crippen LogP contribution is -2.43. The van der Waals surface area contributed by atoms with Crippen LogP contribution >= 0.6 is 0 Å². The molecule has 4 heteroatoms. The lowest BCUT2D eigenvalue weighted by Gasteiger charge is -2.36. The van der Waals surface area contributed by atoms with Crippen molar-refractivity contribution in [3.63, 3.8) is 0 Å². The van der Waals surface area contributed by atoms with Gasteiger partial charge in [0.25, 0.3) is 8.32 Å². The van der Waals surface area contributed by atoms with Gasteiger partial charge in [0, 0.05) is 5.56 Å². The number of hydrogen-bond donors (Lipinski definition) is 1. The van der Waals surface area contributed by atoms with Crippen molar-refractivity contribution >= 4 is 8.32 Å². The molecule has 1 rings (SSSR count). The average molecular weight is 363 g/mol. The first-order valence-corrected chi connectivity index (χ1v) is 12.1. The van der Waals surface area contributed by atoms with Gasteiger partial charge in [-0.3, -0.25) is 0 Å². The Kier molecular flexibility index (Phi) is 8.04. The van der Waals surface area contributed by atoms with Gasteiger partial charge in [-0.2, -0.15) is 0 Å². The van der Waals surface area contributed by atoms with E-state index >= 15 is 0 Å². The molecule has 25 heavy (non-hydrogen) atoms. The topological polar surface area (TPSA) is 38.7 Å². The van der Waals surface area contributed by atoms with Crippen LogP contribution < -0.4 is 9.16 Å². The van der Waals surface area contributed by atoms with Crippen molar-refractivity contribution in [2.75, 3.05) is 7.11 Å². The number of rotatable bonds is 7. The van der Waals surface area contributed by atoms with E-state index in [9.17, 15) is 5.11 Å². The van der Waals surface area contributed by atoms with Crippen molar-refractivity contribution in [2.24, 2.45) is 0 Å². The van der Waals surface area contributed by atoms with Gasteiger partial charge in [0.05, 0.1) is 7.11 Å². The predicted molar refractivity (Wildman–Crippen MR) is 108 cm³/mol. The highest BCUT2D eigenvalue weighted by Gasteiger charge is 2.39. The van der Waals surface area contributed by atoms with E-state index in [1.807, 2.05) is 18.2 Å². The fourth-order valence-electron chi connectivity index (χ4n) is 2.08. The summed E-state index contributed by atoms with van der Waals surface area (Å²) in [5.41, 5.74) is 0.828. The molecule has 0 saturated heterocycles. The van der Waals surface area contributed by atoms with Gasteiger partial charge in [-0.25, -0.2) is 0 Å². The van der Waals surface area contributed by atoms with Crippen LogP contribution in [-0.2, 0) is 0 Å². The van der Waals surface area contributed by atoms with Crippen LogP contribution in [0, 0.1) is 11.8 Å². The van der Waals surface area contributed by atoms with Crippen LogP contribution in [0.4, 0.5) is 0 Å². The first kappa shape index (κ1) is 21.6. The molecule has 0 aromatic heterocycles. The van der Waals surface area contributed by atoms with Gasteiger partial charge in [0.15, 0.2) is 5.75 Å². The molecule has 1 aromatic rings. The van der Waals surface area contributed by atoms with Gasteiger partial charge in [0.1, 0.15) is 11.9 Å². The Morgan fingerprint density at radius 2 is 1.84 bits per heavy atom. The molecule has 0 aliphatic heterocycles. The number of aliphatic hydroxyl groups excluding tert-OH is 1. The maximum Gasteiger partial charge on any atom is 0.250 e. The van der Waals surface area contributed by atoms with Crippen LogP contribution in [0.25, 0.3) is 0 Å². The van der Waals surface area contributed by atoms with Crippen molar-refractivity contribution in [2.45, 2.75) is 77.6 Å². The van der Waals surface area contributed by atoms with Gasteiger partial charge in [-0.1, -0.05) is 52.4 Å². The van der Waals surface area contributed by atoms with E-state index in [2.05, 4.69) is 52.6 Å². The maximum atomic E-state index is 9.94. The van der Waals surface area contributed by atoms with Crippen LogP contribution in [0.15, 0.2) is 18.2 Å². The normalized spacial score (nSPS) is 13.0. The Morgan fingerprint density at radius 3 is 2.40 bits per heavy atom. The zero-order chi connectivity index (χ0) is 19.1. The Morgan fingerprint density at radius 1 is 1.16 bits per heavy atom. The monoisotopic (exact) mass is 362 g/mol. The SMILES string of the molecule is CCCCC[C@H](O)C#Cc1ccc(O[Si](C)(C)C(C)(C)C)c(OC)c1. The lowest BCUT2D eigenvalue weighted by molar-refractivity contribution is 0.217. The van der Waals surface area contributed by atoms with E-state index in [0.717, 1.165) is 37.0 Å². The summed E-state index contributed by atoms with van der Waals surface area (Å²) < 4.78 is 11.8. The largest absolute Gasteiger partial charge is 0.541 e. The summed E-state index contributed by atoms with van der Waals surface area (Å²) >= 11 is 0. The highest BCUT2D eigenvalue weighted by molar-refractivity contribution is 6.74. The fourth-order valence-corrected chi connectivity index (χ4v) is 3.11. The molecule has 0 spiro atoms. The first-order valence-electron chi connectivity index (χ1n) is 9.17. The summed E-state index contributed by atoms with van der Waals surface area (Å²) in [5.74, 6) is 7.42. The van der Waals surface area contributed by atoms with Crippen molar-refractivity contribution < 1.29 is 14.3 Å². The maximum absolute atomic E-state index is 9.94. The number of benzene rings is 1. The number of ether oxygens (including phenoxy) is 1. The van der Waals surface area contributed by atoms with Gasteiger partial charge in [-0.15, -0.1) is 0 Å². The molecule has 0 radical (unpaired) electrons. The summed E-state index contributed by atoms with van der Waals surface area (Å²) in [6.45, 7) is 13.2. The van der Waals surface area contributed by atoms with Crippen LogP contribution in [0.3, 0.4) is 0 Å². The highest BCUT2D eigenvalue weighted by Crippen LogP contribution is 2.40. The van der Waals surface area contributed by atoms with E-state index in [-0.39, 0.29) is 5.04 Å². The molecule has 0 aliphatic carbocycles. The van der Waals surface area contributed by atoms with Crippen LogP contribution in [0.1, 0.15) is 58.9 Å². The van der Waals surface area contributed by atoms with Crippen molar-refractivity contribution in [1.29, 1.82) is 0 Å². The van der Waals surface area contributed by atoms with E-state index in [4.69, 9.17) is 9.16 Å². The van der Waals surface area contributed by atoms with Crippen LogP contribution in [-0.4, -0.2) is 26.6 Å². The lowest BCUT2D eigenvalue weighted by atomic mass is 10.1. The molecule has 0 saturated carbocycles. The number of unbranched alkanes of at least 4 members (excludes halogenated alkanes) is 2. The molecular formula is C21H34O3Si. The minimum absolute atomic E-state index is 0.124. The Balaban J connectivity index is 2.89. The highest BCUT2D eigenvalue weighted by atomic mass is 28.4. The second kappa shape index (κ2) is 9.31. The molecule has 0 amide bonds. The van der Waals surface area contributed by atoms with Crippen molar-refractivity contribution in [1.82, 2.24) is 0 Å². The van der Waals surface area contributed by atoms with Crippen LogP contribution in [0.5, 0.6) is 11.5 Å². The van der Waals surface area contributed by atoms with E-state index < -0.39 is 14.4 Å². The quantitative estimate of drug-likeness (QED) is 0.402. The second-order valence-electron chi connectivity index (χ2n) is 8.01. The molecule has 1 aromatic carbocycles. The molecular weight excluding hydrogens is 328 g/mol. The zero-order valence-electron chi connectivity index (χ0n) is 16.9. The molecule has 1 atom stereocenters. The Bertz CT molecular complexity index is 606. The molecule has 0 heterocycles. The second-order valence-corrected chi connectivity index (χ2v) is 12.7. The summed E-state index contributed by atoms with van der Waals surface area (Å²) in [5, 5.41) is 10.1. The summed E-state index contributed by atoms with van der Waals surface area (Å²) in [4.78, 5) is 0.